The first-order valence-electron chi connectivity index (χ1n) is 6.06. The summed E-state index contributed by atoms with van der Waals surface area (Å²) in [5.41, 5.74) is 0.975. The highest BCUT2D eigenvalue weighted by molar-refractivity contribution is 5.93. The third-order valence-corrected chi connectivity index (χ3v) is 2.62. The second kappa shape index (κ2) is 7.04. The van der Waals surface area contributed by atoms with Crippen LogP contribution in [0.2, 0.25) is 0 Å². The predicted octanol–water partition coefficient (Wildman–Crippen LogP) is 3.42. The number of carbonyl (C=O) groups is 1. The second-order valence-electron chi connectivity index (χ2n) is 3.85. The van der Waals surface area contributed by atoms with E-state index < -0.39 is 0 Å². The Kier molecular flexibility index (Phi) is 5.62. The van der Waals surface area contributed by atoms with E-state index in [4.69, 9.17) is 0 Å². The van der Waals surface area contributed by atoms with Gasteiger partial charge in [0, 0.05) is 18.7 Å². The Morgan fingerprint density at radius 1 is 1.25 bits per heavy atom. The van der Waals surface area contributed by atoms with Gasteiger partial charge < -0.3 is 4.90 Å². The third-order valence-electron chi connectivity index (χ3n) is 2.62. The molecular weight excluding hydrogens is 198 g/mol. The summed E-state index contributed by atoms with van der Waals surface area (Å²) in [6.45, 7) is 4.89. The zero-order valence-electron chi connectivity index (χ0n) is 10.2. The van der Waals surface area contributed by atoms with Gasteiger partial charge in [-0.05, 0) is 31.5 Å². The van der Waals surface area contributed by atoms with Gasteiger partial charge in [0.2, 0.25) is 5.91 Å². The van der Waals surface area contributed by atoms with Crippen LogP contribution in [0.3, 0.4) is 0 Å². The molecule has 1 radical (unpaired) electrons. The van der Waals surface area contributed by atoms with Crippen LogP contribution in [-0.4, -0.2) is 12.5 Å². The molecule has 0 spiro atoms. The molecule has 2 nitrogen and oxygen atoms in total. The molecule has 0 atom stereocenters. The van der Waals surface area contributed by atoms with E-state index in [-0.39, 0.29) is 5.91 Å². The molecule has 0 fully saturated rings. The normalized spacial score (nSPS) is 10.1. The maximum Gasteiger partial charge on any atom is 0.226 e. The zero-order chi connectivity index (χ0) is 11.8. The summed E-state index contributed by atoms with van der Waals surface area (Å²) in [6, 6.07) is 10.5. The summed E-state index contributed by atoms with van der Waals surface area (Å²) in [6.07, 6.45) is 3.93. The van der Waals surface area contributed by atoms with Crippen LogP contribution in [0.5, 0.6) is 0 Å². The van der Waals surface area contributed by atoms with Crippen molar-refractivity contribution in [3.05, 3.63) is 30.3 Å². The molecule has 0 aliphatic rings. The Labute approximate surface area is 98.3 Å². The molecule has 0 saturated carbocycles. The Hall–Kier alpha value is -1.31. The monoisotopic (exact) mass is 218 g/mol. The van der Waals surface area contributed by atoms with Crippen molar-refractivity contribution in [2.45, 2.75) is 39.5 Å². The molecule has 0 bridgehead atoms. The van der Waals surface area contributed by atoms with Crippen molar-refractivity contribution in [1.82, 2.24) is 0 Å². The van der Waals surface area contributed by atoms with E-state index >= 15 is 0 Å². The predicted molar refractivity (Wildman–Crippen MR) is 67.4 cm³/mol. The quantitative estimate of drug-likeness (QED) is 0.670. The summed E-state index contributed by atoms with van der Waals surface area (Å²) in [5, 5.41) is 0. The number of carbonyl (C=O) groups excluding carboxylic acids is 1. The molecule has 1 rings (SSSR count). The minimum absolute atomic E-state index is 0.224. The Bertz CT molecular complexity index is 308. The molecule has 0 unspecified atom stereocenters. The van der Waals surface area contributed by atoms with Gasteiger partial charge in [-0.2, -0.15) is 0 Å². The van der Waals surface area contributed by atoms with E-state index in [9.17, 15) is 4.79 Å². The lowest BCUT2D eigenvalue weighted by atomic mass is 10.2. The van der Waals surface area contributed by atoms with Crippen molar-refractivity contribution in [3.8, 4) is 0 Å². The molecule has 1 aromatic carbocycles. The number of rotatable bonds is 6. The number of hydrogen-bond donors (Lipinski definition) is 0. The first kappa shape index (κ1) is 12.8. The molecule has 2 heteroatoms. The third kappa shape index (κ3) is 3.69. The molecule has 0 aliphatic heterocycles. The lowest BCUT2D eigenvalue weighted by Crippen LogP contribution is -2.30. The van der Waals surface area contributed by atoms with Crippen molar-refractivity contribution >= 4 is 11.6 Å². The number of hydrogen-bond acceptors (Lipinski definition) is 1. The number of unbranched alkanes of at least 4 members (excludes halogenated alkanes) is 2. The highest BCUT2D eigenvalue weighted by atomic mass is 16.2. The first-order chi connectivity index (χ1) is 7.79. The van der Waals surface area contributed by atoms with Crippen LogP contribution >= 0.6 is 0 Å². The summed E-state index contributed by atoms with van der Waals surface area (Å²) in [5.74, 6) is 0.224. The van der Waals surface area contributed by atoms with E-state index in [1.165, 1.54) is 0 Å². The number of benzene rings is 1. The lowest BCUT2D eigenvalue weighted by Gasteiger charge is -2.20. The van der Waals surface area contributed by atoms with E-state index in [0.717, 1.165) is 31.5 Å². The van der Waals surface area contributed by atoms with Crippen LogP contribution in [-0.2, 0) is 4.79 Å². The highest BCUT2D eigenvalue weighted by Crippen LogP contribution is 2.15. The Morgan fingerprint density at radius 2 is 1.94 bits per heavy atom. The summed E-state index contributed by atoms with van der Waals surface area (Å²) in [7, 11) is 0. The maximum absolute atomic E-state index is 12.0. The van der Waals surface area contributed by atoms with Crippen LogP contribution in [0.1, 0.15) is 39.5 Å². The smallest absolute Gasteiger partial charge is 0.226 e. The standard InChI is InChI=1S/C14H20NO/c1-3-5-7-12-14(16)15(4-2)13-10-8-6-9-11-13/h8-11H,3-5,7,12H2,1-2H3. The minimum atomic E-state index is 0.224. The van der Waals surface area contributed by atoms with E-state index in [2.05, 4.69) is 13.0 Å². The topological polar surface area (TPSA) is 20.3 Å². The average Bonchev–Trinajstić information content (AvgIpc) is 2.32. The summed E-state index contributed by atoms with van der Waals surface area (Å²) < 4.78 is 0. The van der Waals surface area contributed by atoms with Crippen molar-refractivity contribution in [1.29, 1.82) is 0 Å². The number of nitrogens with zero attached hydrogens (tertiary/aromatic N) is 1. The number of amides is 1. The molecule has 87 valence electrons. The molecule has 1 amide bonds. The highest BCUT2D eigenvalue weighted by Gasteiger charge is 2.12. The fourth-order valence-corrected chi connectivity index (χ4v) is 1.72. The zero-order valence-corrected chi connectivity index (χ0v) is 10.2. The van der Waals surface area contributed by atoms with Crippen LogP contribution in [0, 0.1) is 6.07 Å². The summed E-state index contributed by atoms with van der Waals surface area (Å²) in [4.78, 5) is 13.8. The summed E-state index contributed by atoms with van der Waals surface area (Å²) >= 11 is 0. The maximum atomic E-state index is 12.0. The van der Waals surface area contributed by atoms with Gasteiger partial charge in [0.25, 0.3) is 0 Å². The van der Waals surface area contributed by atoms with Gasteiger partial charge in [-0.1, -0.05) is 31.9 Å². The van der Waals surface area contributed by atoms with E-state index in [1.807, 2.05) is 36.1 Å². The van der Waals surface area contributed by atoms with Gasteiger partial charge in [0.05, 0.1) is 0 Å². The lowest BCUT2D eigenvalue weighted by molar-refractivity contribution is -0.118. The molecule has 16 heavy (non-hydrogen) atoms. The molecule has 0 aromatic heterocycles. The van der Waals surface area contributed by atoms with E-state index in [1.54, 1.807) is 0 Å². The minimum Gasteiger partial charge on any atom is -0.313 e. The van der Waals surface area contributed by atoms with Crippen LogP contribution in [0.25, 0.3) is 0 Å². The van der Waals surface area contributed by atoms with Crippen molar-refractivity contribution in [2.75, 3.05) is 11.4 Å². The van der Waals surface area contributed by atoms with Crippen molar-refractivity contribution < 1.29 is 4.79 Å². The fraction of sp³-hybridized carbons (Fsp3) is 0.500. The molecule has 0 N–H and O–H groups in total. The fourth-order valence-electron chi connectivity index (χ4n) is 1.72. The van der Waals surface area contributed by atoms with Gasteiger partial charge >= 0.3 is 0 Å². The molecule has 1 aromatic rings. The van der Waals surface area contributed by atoms with Gasteiger partial charge in [0.1, 0.15) is 0 Å². The number of anilines is 1. The largest absolute Gasteiger partial charge is 0.313 e. The SMILES string of the molecule is CCCCCC(=O)N(CC)c1cc[c]cc1. The van der Waals surface area contributed by atoms with Gasteiger partial charge in [-0.15, -0.1) is 0 Å². The van der Waals surface area contributed by atoms with Gasteiger partial charge in [-0.25, -0.2) is 0 Å². The van der Waals surface area contributed by atoms with E-state index in [0.29, 0.717) is 6.42 Å². The average molecular weight is 218 g/mol. The van der Waals surface area contributed by atoms with Gasteiger partial charge in [0.15, 0.2) is 0 Å². The Morgan fingerprint density at radius 3 is 2.50 bits per heavy atom. The molecule has 0 saturated heterocycles. The van der Waals surface area contributed by atoms with Crippen LogP contribution in [0.15, 0.2) is 24.3 Å². The van der Waals surface area contributed by atoms with Crippen LogP contribution in [0.4, 0.5) is 5.69 Å². The molecule has 0 aliphatic carbocycles. The first-order valence-corrected chi connectivity index (χ1v) is 6.06. The van der Waals surface area contributed by atoms with Gasteiger partial charge in [-0.3, -0.25) is 4.79 Å². The van der Waals surface area contributed by atoms with Crippen molar-refractivity contribution in [3.63, 3.8) is 0 Å². The molecule has 0 heterocycles. The van der Waals surface area contributed by atoms with Crippen molar-refractivity contribution in [2.24, 2.45) is 0 Å². The second-order valence-corrected chi connectivity index (χ2v) is 3.85. The Balaban J connectivity index is 2.57. The van der Waals surface area contributed by atoms with Crippen LogP contribution < -0.4 is 4.90 Å². The molecular formula is C14H20NO.